The summed E-state index contributed by atoms with van der Waals surface area (Å²) < 4.78 is 0. The van der Waals surface area contributed by atoms with Gasteiger partial charge in [-0.1, -0.05) is 32.9 Å². The van der Waals surface area contributed by atoms with Gasteiger partial charge in [0.2, 0.25) is 0 Å². The minimum atomic E-state index is -0.926. The van der Waals surface area contributed by atoms with Gasteiger partial charge in [0.25, 0.3) is 0 Å². The molecule has 0 aromatic rings. The van der Waals surface area contributed by atoms with Crippen molar-refractivity contribution in [1.82, 2.24) is 0 Å². The zero-order valence-electron chi connectivity index (χ0n) is 11.4. The van der Waals surface area contributed by atoms with E-state index in [-0.39, 0.29) is 17.3 Å². The van der Waals surface area contributed by atoms with Crippen LogP contribution in [0.1, 0.15) is 52.9 Å². The Morgan fingerprint density at radius 1 is 1.29 bits per heavy atom. The highest BCUT2D eigenvalue weighted by molar-refractivity contribution is 5.18. The molecule has 2 saturated carbocycles. The normalized spacial score (nSPS) is 47.1. The van der Waals surface area contributed by atoms with Crippen LogP contribution >= 0.6 is 0 Å². The fourth-order valence-corrected chi connectivity index (χ4v) is 3.96. The molecule has 2 heteroatoms. The predicted molar refractivity (Wildman–Crippen MR) is 69.6 cm³/mol. The monoisotopic (exact) mass is 238 g/mol. The van der Waals surface area contributed by atoms with Crippen molar-refractivity contribution in [3.05, 3.63) is 12.2 Å². The lowest BCUT2D eigenvalue weighted by molar-refractivity contribution is -0.180. The third kappa shape index (κ3) is 1.86. The summed E-state index contributed by atoms with van der Waals surface area (Å²) in [4.78, 5) is 0. The molecule has 0 aliphatic heterocycles. The molecule has 17 heavy (non-hydrogen) atoms. The predicted octanol–water partition coefficient (Wildman–Crippen LogP) is 2.89. The van der Waals surface area contributed by atoms with Crippen LogP contribution in [-0.2, 0) is 0 Å². The largest absolute Gasteiger partial charge is 0.389 e. The van der Waals surface area contributed by atoms with Crippen molar-refractivity contribution in [2.45, 2.75) is 64.6 Å². The van der Waals surface area contributed by atoms with Crippen LogP contribution in [-0.4, -0.2) is 21.9 Å². The highest BCUT2D eigenvalue weighted by Crippen LogP contribution is 2.55. The van der Waals surface area contributed by atoms with E-state index in [9.17, 15) is 10.2 Å². The van der Waals surface area contributed by atoms with E-state index < -0.39 is 11.7 Å². The molecule has 4 atom stereocenters. The Hall–Kier alpha value is -0.340. The van der Waals surface area contributed by atoms with Gasteiger partial charge >= 0.3 is 0 Å². The van der Waals surface area contributed by atoms with Crippen molar-refractivity contribution >= 4 is 0 Å². The summed E-state index contributed by atoms with van der Waals surface area (Å²) >= 11 is 0. The smallest absolute Gasteiger partial charge is 0.0934 e. The molecule has 2 fully saturated rings. The van der Waals surface area contributed by atoms with Crippen LogP contribution in [0.4, 0.5) is 0 Å². The maximum absolute atomic E-state index is 10.7. The van der Waals surface area contributed by atoms with Gasteiger partial charge in [0.05, 0.1) is 11.7 Å². The molecule has 0 saturated heterocycles. The maximum atomic E-state index is 10.7. The van der Waals surface area contributed by atoms with Crippen LogP contribution in [0.5, 0.6) is 0 Å². The average Bonchev–Trinajstić information content (AvgIpc) is 2.24. The summed E-state index contributed by atoms with van der Waals surface area (Å²) in [5, 5.41) is 21.3. The molecule has 0 spiro atoms. The number of hydrogen-bond donors (Lipinski definition) is 2. The number of aliphatic hydroxyl groups is 2. The van der Waals surface area contributed by atoms with E-state index in [2.05, 4.69) is 13.5 Å². The molecule has 0 aromatic heterocycles. The lowest BCUT2D eigenvalue weighted by Crippen LogP contribution is -2.59. The minimum Gasteiger partial charge on any atom is -0.389 e. The van der Waals surface area contributed by atoms with Gasteiger partial charge in [0.15, 0.2) is 0 Å². The maximum Gasteiger partial charge on any atom is 0.0934 e. The first-order valence-corrected chi connectivity index (χ1v) is 6.89. The second kappa shape index (κ2) is 4.10. The summed E-state index contributed by atoms with van der Waals surface area (Å²) in [6, 6.07) is 0. The van der Waals surface area contributed by atoms with Gasteiger partial charge in [0.1, 0.15) is 0 Å². The van der Waals surface area contributed by atoms with E-state index in [1.165, 1.54) is 6.42 Å². The number of aliphatic hydroxyl groups excluding tert-OH is 1. The molecule has 0 aromatic carbocycles. The number of rotatable bonds is 1. The van der Waals surface area contributed by atoms with Gasteiger partial charge in [0, 0.05) is 5.92 Å². The molecule has 98 valence electrons. The lowest BCUT2D eigenvalue weighted by Gasteiger charge is -2.55. The zero-order chi connectivity index (χ0) is 12.8. The van der Waals surface area contributed by atoms with Crippen molar-refractivity contribution in [1.29, 1.82) is 0 Å². The molecule has 0 amide bonds. The Kier molecular flexibility index (Phi) is 3.16. The molecule has 2 rings (SSSR count). The fraction of sp³-hybridized carbons (Fsp3) is 0.867. The third-order valence-electron chi connectivity index (χ3n) is 5.36. The first-order valence-electron chi connectivity index (χ1n) is 6.89. The van der Waals surface area contributed by atoms with Gasteiger partial charge in [-0.05, 0) is 43.4 Å². The van der Waals surface area contributed by atoms with Crippen molar-refractivity contribution in [3.63, 3.8) is 0 Å². The molecule has 2 nitrogen and oxygen atoms in total. The van der Waals surface area contributed by atoms with Crippen LogP contribution < -0.4 is 0 Å². The topological polar surface area (TPSA) is 40.5 Å². The van der Waals surface area contributed by atoms with E-state index in [0.717, 1.165) is 24.8 Å². The Morgan fingerprint density at radius 2 is 1.94 bits per heavy atom. The SMILES string of the molecule is C=C1CCCC2(C)CCC(O)(C(C)C)C(O)C12. The molecule has 0 bridgehead atoms. The van der Waals surface area contributed by atoms with Gasteiger partial charge in [-0.15, -0.1) is 0 Å². The van der Waals surface area contributed by atoms with Gasteiger partial charge in [-0.2, -0.15) is 0 Å². The highest BCUT2D eigenvalue weighted by Gasteiger charge is 2.55. The first-order chi connectivity index (χ1) is 7.81. The molecular formula is C15H26O2. The summed E-state index contributed by atoms with van der Waals surface area (Å²) in [6.07, 6.45) is 4.41. The molecule has 2 aliphatic carbocycles. The van der Waals surface area contributed by atoms with Crippen molar-refractivity contribution in [3.8, 4) is 0 Å². The van der Waals surface area contributed by atoms with Crippen molar-refractivity contribution < 1.29 is 10.2 Å². The lowest BCUT2D eigenvalue weighted by atomic mass is 9.53. The Labute approximate surface area is 105 Å². The van der Waals surface area contributed by atoms with Crippen LogP contribution in [0.15, 0.2) is 12.2 Å². The first kappa shape index (κ1) is 13.1. The molecule has 0 heterocycles. The highest BCUT2D eigenvalue weighted by atomic mass is 16.3. The van der Waals surface area contributed by atoms with Gasteiger partial charge in [-0.25, -0.2) is 0 Å². The van der Waals surface area contributed by atoms with E-state index in [1.807, 2.05) is 13.8 Å². The Balaban J connectivity index is 2.33. The molecular weight excluding hydrogens is 212 g/mol. The van der Waals surface area contributed by atoms with Crippen molar-refractivity contribution in [2.75, 3.05) is 0 Å². The number of hydrogen-bond acceptors (Lipinski definition) is 2. The molecule has 0 radical (unpaired) electrons. The van der Waals surface area contributed by atoms with Crippen molar-refractivity contribution in [2.24, 2.45) is 17.3 Å². The van der Waals surface area contributed by atoms with Crippen LogP contribution in [0.25, 0.3) is 0 Å². The zero-order valence-corrected chi connectivity index (χ0v) is 11.4. The van der Waals surface area contributed by atoms with Gasteiger partial charge < -0.3 is 10.2 Å². The van der Waals surface area contributed by atoms with Crippen LogP contribution in [0.2, 0.25) is 0 Å². The van der Waals surface area contributed by atoms with Gasteiger partial charge in [-0.3, -0.25) is 0 Å². The molecule has 2 N–H and O–H groups in total. The van der Waals surface area contributed by atoms with Crippen LogP contribution in [0.3, 0.4) is 0 Å². The third-order valence-corrected chi connectivity index (χ3v) is 5.36. The second-order valence-electron chi connectivity index (χ2n) is 6.73. The molecule has 4 unspecified atom stereocenters. The quantitative estimate of drug-likeness (QED) is 0.690. The molecule has 2 aliphatic rings. The summed E-state index contributed by atoms with van der Waals surface area (Å²) in [5.74, 6) is 0.175. The Bertz CT molecular complexity index is 323. The minimum absolute atomic E-state index is 0.0809. The van der Waals surface area contributed by atoms with E-state index in [4.69, 9.17) is 0 Å². The van der Waals surface area contributed by atoms with E-state index in [1.54, 1.807) is 0 Å². The average molecular weight is 238 g/mol. The summed E-state index contributed by atoms with van der Waals surface area (Å²) in [5.41, 5.74) is 0.366. The standard InChI is InChI=1S/C15H26O2/c1-10(2)15(17)9-8-14(4)7-5-6-11(3)12(14)13(15)16/h10,12-13,16-17H,3,5-9H2,1-2,4H3. The van der Waals surface area contributed by atoms with E-state index in [0.29, 0.717) is 6.42 Å². The second-order valence-corrected chi connectivity index (χ2v) is 6.73. The summed E-state index contributed by atoms with van der Waals surface area (Å²) in [6.45, 7) is 10.4. The Morgan fingerprint density at radius 3 is 2.53 bits per heavy atom. The van der Waals surface area contributed by atoms with E-state index >= 15 is 0 Å². The number of fused-ring (bicyclic) bond motifs is 1. The summed E-state index contributed by atoms with van der Waals surface area (Å²) in [7, 11) is 0. The van der Waals surface area contributed by atoms with Crippen LogP contribution in [0, 0.1) is 17.3 Å². The fourth-order valence-electron chi connectivity index (χ4n) is 3.96.